The molecule has 2 N–H and O–H groups in total. The van der Waals surface area contributed by atoms with Crippen molar-refractivity contribution < 1.29 is 14.4 Å². The summed E-state index contributed by atoms with van der Waals surface area (Å²) in [5.74, 6) is 0.243. The average Bonchev–Trinajstić information content (AvgIpc) is 2.82. The fourth-order valence-corrected chi connectivity index (χ4v) is 4.08. The summed E-state index contributed by atoms with van der Waals surface area (Å²) >= 11 is 0. The van der Waals surface area contributed by atoms with Crippen LogP contribution in [0.4, 0.5) is 11.5 Å². The molecule has 2 saturated heterocycles. The number of piperazine rings is 2. The lowest BCUT2D eigenvalue weighted by Gasteiger charge is -2.38. The molecule has 2 aliphatic rings. The van der Waals surface area contributed by atoms with Crippen LogP contribution in [-0.4, -0.2) is 84.4 Å². The van der Waals surface area contributed by atoms with Crippen LogP contribution >= 0.6 is 0 Å². The Morgan fingerprint density at radius 2 is 1.75 bits per heavy atom. The number of nitrogens with zero attached hydrogens (tertiary/aromatic N) is 4. The molecule has 2 fully saturated rings. The van der Waals surface area contributed by atoms with Gasteiger partial charge in [0.05, 0.1) is 13.0 Å². The van der Waals surface area contributed by atoms with E-state index in [0.717, 1.165) is 32.0 Å². The first-order valence-electron chi connectivity index (χ1n) is 10.9. The molecule has 0 unspecified atom stereocenters. The Balaban J connectivity index is 1.32. The zero-order valence-corrected chi connectivity index (χ0v) is 17.9. The molecule has 0 spiro atoms. The van der Waals surface area contributed by atoms with Crippen LogP contribution in [0.2, 0.25) is 0 Å². The Morgan fingerprint density at radius 3 is 2.47 bits per heavy atom. The predicted molar refractivity (Wildman–Crippen MR) is 121 cm³/mol. The Morgan fingerprint density at radius 1 is 1.00 bits per heavy atom. The van der Waals surface area contributed by atoms with Gasteiger partial charge in [-0.3, -0.25) is 19.3 Å². The number of hydrogen-bond acceptors (Lipinski definition) is 6. The number of anilines is 2. The molecule has 9 nitrogen and oxygen atoms in total. The van der Waals surface area contributed by atoms with E-state index < -0.39 is 6.04 Å². The highest BCUT2D eigenvalue weighted by atomic mass is 16.2. The quantitative estimate of drug-likeness (QED) is 0.687. The van der Waals surface area contributed by atoms with Gasteiger partial charge in [0.1, 0.15) is 11.9 Å². The first kappa shape index (κ1) is 21.8. The number of aromatic nitrogens is 1. The van der Waals surface area contributed by atoms with Crippen LogP contribution in [0.5, 0.6) is 0 Å². The van der Waals surface area contributed by atoms with E-state index in [4.69, 9.17) is 0 Å². The zero-order valence-electron chi connectivity index (χ0n) is 17.9. The Bertz CT molecular complexity index is 931. The molecule has 9 heteroatoms. The maximum absolute atomic E-state index is 13.1. The second-order valence-corrected chi connectivity index (χ2v) is 7.96. The Kier molecular flexibility index (Phi) is 6.96. The minimum Gasteiger partial charge on any atom is -0.354 e. The summed E-state index contributed by atoms with van der Waals surface area (Å²) in [6.07, 6.45) is 1.71. The molecule has 1 aromatic carbocycles. The number of carbonyl (C=O) groups is 3. The lowest BCUT2D eigenvalue weighted by Crippen LogP contribution is -2.60. The van der Waals surface area contributed by atoms with Crippen LogP contribution < -0.4 is 15.5 Å². The standard InChI is InChI=1S/C23H28N6O3/c30-21(26-18-6-2-1-3-7-18)16-19-23(32)25-10-11-29(19)22(31)17-27-12-14-28(15-13-27)20-8-4-5-9-24-20/h1-9,19H,10-17H2,(H,25,32)(H,26,30)/t19-/m0/s1. The highest BCUT2D eigenvalue weighted by Crippen LogP contribution is 2.15. The molecule has 0 radical (unpaired) electrons. The van der Waals surface area contributed by atoms with E-state index >= 15 is 0 Å². The van der Waals surface area contributed by atoms with Crippen LogP contribution in [0.25, 0.3) is 0 Å². The average molecular weight is 437 g/mol. The van der Waals surface area contributed by atoms with Gasteiger partial charge in [-0.15, -0.1) is 0 Å². The second-order valence-electron chi connectivity index (χ2n) is 7.96. The molecule has 0 saturated carbocycles. The number of benzene rings is 1. The summed E-state index contributed by atoms with van der Waals surface area (Å²) in [6, 6.07) is 14.1. The van der Waals surface area contributed by atoms with Crippen molar-refractivity contribution in [2.24, 2.45) is 0 Å². The third-order valence-corrected chi connectivity index (χ3v) is 5.79. The molecular weight excluding hydrogens is 408 g/mol. The number of rotatable bonds is 6. The summed E-state index contributed by atoms with van der Waals surface area (Å²) in [6.45, 7) is 4.08. The highest BCUT2D eigenvalue weighted by molar-refractivity contribution is 5.97. The number of para-hydroxylation sites is 1. The van der Waals surface area contributed by atoms with Crippen molar-refractivity contribution in [3.05, 3.63) is 54.7 Å². The van der Waals surface area contributed by atoms with Crippen molar-refractivity contribution in [1.82, 2.24) is 20.1 Å². The van der Waals surface area contributed by atoms with Crippen LogP contribution in [0.3, 0.4) is 0 Å². The molecule has 168 valence electrons. The first-order chi connectivity index (χ1) is 15.6. The molecule has 1 atom stereocenters. The summed E-state index contributed by atoms with van der Waals surface area (Å²) < 4.78 is 0. The summed E-state index contributed by atoms with van der Waals surface area (Å²) in [7, 11) is 0. The predicted octanol–water partition coefficient (Wildman–Crippen LogP) is 0.559. The first-order valence-corrected chi connectivity index (χ1v) is 10.9. The van der Waals surface area contributed by atoms with E-state index in [1.54, 1.807) is 23.2 Å². The van der Waals surface area contributed by atoms with Gasteiger partial charge in [-0.2, -0.15) is 0 Å². The molecule has 4 rings (SSSR count). The third kappa shape index (κ3) is 5.42. The lowest BCUT2D eigenvalue weighted by molar-refractivity contribution is -0.145. The van der Waals surface area contributed by atoms with Crippen LogP contribution in [0.15, 0.2) is 54.7 Å². The van der Waals surface area contributed by atoms with E-state index in [1.807, 2.05) is 36.4 Å². The van der Waals surface area contributed by atoms with Crippen molar-refractivity contribution >= 4 is 29.2 Å². The van der Waals surface area contributed by atoms with E-state index in [-0.39, 0.29) is 30.7 Å². The van der Waals surface area contributed by atoms with Crippen LogP contribution in [-0.2, 0) is 14.4 Å². The van der Waals surface area contributed by atoms with Gasteiger partial charge in [0.15, 0.2) is 0 Å². The molecule has 3 amide bonds. The zero-order chi connectivity index (χ0) is 22.3. The molecular formula is C23H28N6O3. The molecule has 2 aromatic rings. The number of pyridine rings is 1. The molecule has 3 heterocycles. The smallest absolute Gasteiger partial charge is 0.243 e. The van der Waals surface area contributed by atoms with Gasteiger partial charge >= 0.3 is 0 Å². The summed E-state index contributed by atoms with van der Waals surface area (Å²) in [5, 5.41) is 5.57. The molecule has 32 heavy (non-hydrogen) atoms. The Labute approximate surface area is 187 Å². The van der Waals surface area contributed by atoms with Crippen molar-refractivity contribution in [3.8, 4) is 0 Å². The van der Waals surface area contributed by atoms with E-state index in [0.29, 0.717) is 18.8 Å². The van der Waals surface area contributed by atoms with E-state index in [2.05, 4.69) is 25.4 Å². The third-order valence-electron chi connectivity index (χ3n) is 5.79. The number of nitrogens with one attached hydrogen (secondary N) is 2. The largest absolute Gasteiger partial charge is 0.354 e. The highest BCUT2D eigenvalue weighted by Gasteiger charge is 2.35. The van der Waals surface area contributed by atoms with Gasteiger partial charge in [0.2, 0.25) is 17.7 Å². The lowest BCUT2D eigenvalue weighted by atomic mass is 10.1. The molecule has 2 aliphatic heterocycles. The fraction of sp³-hybridized carbons (Fsp3) is 0.391. The van der Waals surface area contributed by atoms with Gasteiger partial charge < -0.3 is 20.4 Å². The maximum Gasteiger partial charge on any atom is 0.243 e. The molecule has 1 aromatic heterocycles. The van der Waals surface area contributed by atoms with Gasteiger partial charge in [0.25, 0.3) is 0 Å². The van der Waals surface area contributed by atoms with Gasteiger partial charge in [-0.1, -0.05) is 24.3 Å². The minimum atomic E-state index is -0.797. The van der Waals surface area contributed by atoms with E-state index in [9.17, 15) is 14.4 Å². The monoisotopic (exact) mass is 436 g/mol. The number of hydrogen-bond donors (Lipinski definition) is 2. The minimum absolute atomic E-state index is 0.0695. The van der Waals surface area contributed by atoms with Gasteiger partial charge in [-0.05, 0) is 24.3 Å². The van der Waals surface area contributed by atoms with Gasteiger partial charge in [-0.25, -0.2) is 4.98 Å². The van der Waals surface area contributed by atoms with Crippen LogP contribution in [0.1, 0.15) is 6.42 Å². The SMILES string of the molecule is O=C(C[C@H]1C(=O)NCCN1C(=O)CN1CCN(c2ccccn2)CC1)Nc1ccccc1. The van der Waals surface area contributed by atoms with Crippen molar-refractivity contribution in [2.75, 3.05) is 56.0 Å². The van der Waals surface area contributed by atoms with Crippen molar-refractivity contribution in [2.45, 2.75) is 12.5 Å². The number of carbonyl (C=O) groups excluding carboxylic acids is 3. The van der Waals surface area contributed by atoms with Gasteiger partial charge in [0, 0.05) is 51.2 Å². The molecule has 0 bridgehead atoms. The van der Waals surface area contributed by atoms with E-state index in [1.165, 1.54) is 0 Å². The molecule has 0 aliphatic carbocycles. The van der Waals surface area contributed by atoms with Crippen LogP contribution in [0, 0.1) is 0 Å². The summed E-state index contributed by atoms with van der Waals surface area (Å²) in [5.41, 5.74) is 0.664. The summed E-state index contributed by atoms with van der Waals surface area (Å²) in [4.78, 5) is 48.3. The van der Waals surface area contributed by atoms with Crippen molar-refractivity contribution in [3.63, 3.8) is 0 Å². The second kappa shape index (κ2) is 10.2. The maximum atomic E-state index is 13.1. The topological polar surface area (TPSA) is 97.9 Å². The number of amides is 3. The fourth-order valence-electron chi connectivity index (χ4n) is 4.08. The van der Waals surface area contributed by atoms with Crippen molar-refractivity contribution in [1.29, 1.82) is 0 Å². The Hall–Kier alpha value is -3.46. The normalized spacial score (nSPS) is 19.4.